The molecule has 1 saturated heterocycles. The van der Waals surface area contributed by atoms with E-state index >= 15 is 0 Å². The molecule has 1 atom stereocenters. The largest absolute Gasteiger partial charge is 0.411 e. The quantitative estimate of drug-likeness (QED) is 0.550. The predicted molar refractivity (Wildman–Crippen MR) is 107 cm³/mol. The van der Waals surface area contributed by atoms with Crippen LogP contribution in [0.2, 0.25) is 0 Å². The van der Waals surface area contributed by atoms with Gasteiger partial charge in [-0.2, -0.15) is 13.2 Å². The molecule has 0 N–H and O–H groups in total. The van der Waals surface area contributed by atoms with E-state index in [0.29, 0.717) is 26.1 Å². The molecule has 2 rings (SSSR count). The van der Waals surface area contributed by atoms with E-state index in [1.807, 2.05) is 35.2 Å². The molecule has 0 spiro atoms. The van der Waals surface area contributed by atoms with Crippen LogP contribution in [0.15, 0.2) is 30.3 Å². The first-order valence-corrected chi connectivity index (χ1v) is 10.3. The molecule has 0 aromatic heterocycles. The van der Waals surface area contributed by atoms with Gasteiger partial charge in [0.15, 0.2) is 0 Å². The van der Waals surface area contributed by atoms with Gasteiger partial charge in [0.2, 0.25) is 5.91 Å². The Labute approximate surface area is 171 Å². The summed E-state index contributed by atoms with van der Waals surface area (Å²) in [7, 11) is 0. The maximum Gasteiger partial charge on any atom is 0.411 e. The van der Waals surface area contributed by atoms with Gasteiger partial charge >= 0.3 is 6.18 Å². The lowest BCUT2D eigenvalue weighted by Crippen LogP contribution is -2.52. The number of hydrogen-bond acceptors (Lipinski definition) is 4. The van der Waals surface area contributed by atoms with Crippen molar-refractivity contribution in [3.63, 3.8) is 0 Å². The van der Waals surface area contributed by atoms with E-state index in [1.54, 1.807) is 0 Å². The molecule has 1 aromatic rings. The average molecular weight is 416 g/mol. The van der Waals surface area contributed by atoms with Crippen molar-refractivity contribution in [1.29, 1.82) is 0 Å². The summed E-state index contributed by atoms with van der Waals surface area (Å²) >= 11 is 0. The number of nitrogens with zero attached hydrogens (tertiary/aromatic N) is 3. The third-order valence-electron chi connectivity index (χ3n) is 5.24. The van der Waals surface area contributed by atoms with E-state index in [4.69, 9.17) is 0 Å². The molecule has 1 unspecified atom stereocenters. The molecule has 0 radical (unpaired) electrons. The summed E-state index contributed by atoms with van der Waals surface area (Å²) in [5.74, 6) is 0.119. The summed E-state index contributed by atoms with van der Waals surface area (Å²) in [4.78, 5) is 19.6. The van der Waals surface area contributed by atoms with Crippen molar-refractivity contribution < 1.29 is 22.7 Å². The van der Waals surface area contributed by atoms with Crippen molar-refractivity contribution in [2.24, 2.45) is 0 Å². The highest BCUT2D eigenvalue weighted by Gasteiger charge is 2.31. The van der Waals surface area contributed by atoms with E-state index in [0.717, 1.165) is 31.7 Å². The molecule has 0 saturated carbocycles. The Bertz CT molecular complexity index is 601. The van der Waals surface area contributed by atoms with Gasteiger partial charge in [-0.1, -0.05) is 44.2 Å². The SMILES string of the molecule is CCN(CC)C(C(=O)N1CCN(CCCOCC(F)(F)F)CC1)c1ccccc1. The topological polar surface area (TPSA) is 36.0 Å². The van der Waals surface area contributed by atoms with Gasteiger partial charge in [0.05, 0.1) is 0 Å². The van der Waals surface area contributed by atoms with Crippen LogP contribution in [-0.2, 0) is 9.53 Å². The van der Waals surface area contributed by atoms with Crippen molar-refractivity contribution in [2.45, 2.75) is 32.5 Å². The van der Waals surface area contributed by atoms with Crippen LogP contribution in [-0.4, -0.2) is 85.8 Å². The predicted octanol–water partition coefficient (Wildman–Crippen LogP) is 3.18. The average Bonchev–Trinajstić information content (AvgIpc) is 2.71. The van der Waals surface area contributed by atoms with Crippen molar-refractivity contribution in [2.75, 3.05) is 59.0 Å². The van der Waals surface area contributed by atoms with Gasteiger partial charge in [-0.05, 0) is 25.1 Å². The van der Waals surface area contributed by atoms with E-state index in [-0.39, 0.29) is 18.6 Å². The number of carbonyl (C=O) groups is 1. The van der Waals surface area contributed by atoms with Crippen molar-refractivity contribution in [1.82, 2.24) is 14.7 Å². The fraction of sp³-hybridized carbons (Fsp3) is 0.667. The lowest BCUT2D eigenvalue weighted by molar-refractivity contribution is -0.174. The number of likely N-dealkylation sites (N-methyl/N-ethyl adjacent to an activating group) is 1. The normalized spacial score (nSPS) is 17.0. The third kappa shape index (κ3) is 7.60. The van der Waals surface area contributed by atoms with E-state index in [9.17, 15) is 18.0 Å². The number of alkyl halides is 3. The monoisotopic (exact) mass is 415 g/mol. The number of carbonyl (C=O) groups excluding carboxylic acids is 1. The number of hydrogen-bond donors (Lipinski definition) is 0. The number of ether oxygens (including phenoxy) is 1. The molecule has 1 fully saturated rings. The van der Waals surface area contributed by atoms with Crippen LogP contribution in [0.3, 0.4) is 0 Å². The molecule has 1 heterocycles. The Morgan fingerprint density at radius 1 is 1.10 bits per heavy atom. The summed E-state index contributed by atoms with van der Waals surface area (Å²) in [5, 5.41) is 0. The van der Waals surface area contributed by atoms with Gasteiger partial charge in [0.25, 0.3) is 0 Å². The fourth-order valence-corrected chi connectivity index (χ4v) is 3.68. The Morgan fingerprint density at radius 3 is 2.28 bits per heavy atom. The highest BCUT2D eigenvalue weighted by molar-refractivity contribution is 5.83. The van der Waals surface area contributed by atoms with Crippen LogP contribution in [0.25, 0.3) is 0 Å². The zero-order chi connectivity index (χ0) is 21.3. The number of amides is 1. The molecule has 1 amide bonds. The first-order valence-electron chi connectivity index (χ1n) is 10.3. The molecule has 29 heavy (non-hydrogen) atoms. The lowest BCUT2D eigenvalue weighted by atomic mass is 10.0. The number of piperazine rings is 1. The summed E-state index contributed by atoms with van der Waals surface area (Å²) in [6.45, 7) is 8.00. The minimum atomic E-state index is -4.27. The van der Waals surface area contributed by atoms with Gasteiger partial charge < -0.3 is 9.64 Å². The van der Waals surface area contributed by atoms with Gasteiger partial charge in [-0.3, -0.25) is 14.6 Å². The van der Waals surface area contributed by atoms with E-state index < -0.39 is 12.8 Å². The zero-order valence-corrected chi connectivity index (χ0v) is 17.3. The smallest absolute Gasteiger partial charge is 0.372 e. The highest BCUT2D eigenvalue weighted by Crippen LogP contribution is 2.24. The molecule has 1 aliphatic heterocycles. The lowest BCUT2D eigenvalue weighted by Gasteiger charge is -2.39. The first-order chi connectivity index (χ1) is 13.9. The molecule has 0 aliphatic carbocycles. The Hall–Kier alpha value is -1.64. The van der Waals surface area contributed by atoms with Gasteiger partial charge in [0, 0.05) is 39.3 Å². The summed E-state index contributed by atoms with van der Waals surface area (Å²) in [5.41, 5.74) is 1.01. The maximum absolute atomic E-state index is 13.3. The first kappa shape index (κ1) is 23.6. The van der Waals surface area contributed by atoms with Gasteiger partial charge in [0.1, 0.15) is 12.6 Å². The molecular weight excluding hydrogens is 383 g/mol. The number of rotatable bonds is 10. The van der Waals surface area contributed by atoms with Crippen LogP contribution in [0.5, 0.6) is 0 Å². The Balaban J connectivity index is 1.84. The number of halogens is 3. The molecule has 1 aliphatic rings. The van der Waals surface area contributed by atoms with E-state index in [1.165, 1.54) is 0 Å². The van der Waals surface area contributed by atoms with Crippen molar-refractivity contribution in [3.05, 3.63) is 35.9 Å². The summed E-state index contributed by atoms with van der Waals surface area (Å²) in [6, 6.07) is 9.57. The van der Waals surface area contributed by atoms with Crippen LogP contribution in [0, 0.1) is 0 Å². The van der Waals surface area contributed by atoms with Crippen LogP contribution in [0.1, 0.15) is 31.9 Å². The second-order valence-electron chi connectivity index (χ2n) is 7.22. The minimum Gasteiger partial charge on any atom is -0.372 e. The molecule has 1 aromatic carbocycles. The Kier molecular flexibility index (Phi) is 9.39. The maximum atomic E-state index is 13.3. The minimum absolute atomic E-state index is 0.0939. The standard InChI is InChI=1S/C21H32F3N3O2/c1-3-26(4-2)19(18-9-6-5-7-10-18)20(28)27-14-12-25(13-15-27)11-8-16-29-17-21(22,23)24/h5-7,9-10,19H,3-4,8,11-17H2,1-2H3. The zero-order valence-electron chi connectivity index (χ0n) is 17.3. The molecule has 5 nitrogen and oxygen atoms in total. The van der Waals surface area contributed by atoms with Crippen LogP contribution >= 0.6 is 0 Å². The summed E-state index contributed by atoms with van der Waals surface area (Å²) < 4.78 is 40.9. The molecule has 164 valence electrons. The summed E-state index contributed by atoms with van der Waals surface area (Å²) in [6.07, 6.45) is -3.72. The molecular formula is C21H32F3N3O2. The number of benzene rings is 1. The highest BCUT2D eigenvalue weighted by atomic mass is 19.4. The Morgan fingerprint density at radius 2 is 1.72 bits per heavy atom. The van der Waals surface area contributed by atoms with Crippen LogP contribution < -0.4 is 0 Å². The van der Waals surface area contributed by atoms with E-state index in [2.05, 4.69) is 28.4 Å². The van der Waals surface area contributed by atoms with Gasteiger partial charge in [-0.25, -0.2) is 0 Å². The second-order valence-corrected chi connectivity index (χ2v) is 7.22. The molecule has 0 bridgehead atoms. The fourth-order valence-electron chi connectivity index (χ4n) is 3.68. The van der Waals surface area contributed by atoms with Crippen LogP contribution in [0.4, 0.5) is 13.2 Å². The third-order valence-corrected chi connectivity index (χ3v) is 5.24. The van der Waals surface area contributed by atoms with Crippen molar-refractivity contribution in [3.8, 4) is 0 Å². The van der Waals surface area contributed by atoms with Gasteiger partial charge in [-0.15, -0.1) is 0 Å². The molecule has 8 heteroatoms. The second kappa shape index (κ2) is 11.5. The van der Waals surface area contributed by atoms with Crippen molar-refractivity contribution >= 4 is 5.91 Å².